The molecule has 7 nitrogen and oxygen atoms in total. The predicted octanol–water partition coefficient (Wildman–Crippen LogP) is 3.39. The Morgan fingerprint density at radius 3 is 2.68 bits per heavy atom. The SMILES string of the molecule is CCOc1ccc(CC(=O)N2CCCCC2c2nc(C)c3c(n2)N(C)C(=O)CC3)cc1. The lowest BCUT2D eigenvalue weighted by Gasteiger charge is -2.36. The lowest BCUT2D eigenvalue weighted by molar-refractivity contribution is -0.134. The van der Waals surface area contributed by atoms with Crippen molar-refractivity contribution in [2.45, 2.75) is 58.4 Å². The summed E-state index contributed by atoms with van der Waals surface area (Å²) >= 11 is 0. The maximum atomic E-state index is 13.2. The van der Waals surface area contributed by atoms with E-state index in [2.05, 4.69) is 0 Å². The van der Waals surface area contributed by atoms with Gasteiger partial charge < -0.3 is 9.64 Å². The normalized spacial score (nSPS) is 18.7. The Balaban J connectivity index is 1.57. The highest BCUT2D eigenvalue weighted by Crippen LogP contribution is 2.33. The average Bonchev–Trinajstić information content (AvgIpc) is 2.78. The smallest absolute Gasteiger partial charge is 0.228 e. The summed E-state index contributed by atoms with van der Waals surface area (Å²) in [6.07, 6.45) is 4.36. The number of hydrogen-bond acceptors (Lipinski definition) is 5. The number of ether oxygens (including phenoxy) is 1. The number of likely N-dealkylation sites (tertiary alicyclic amines) is 1. The molecule has 1 aromatic carbocycles. The van der Waals surface area contributed by atoms with Crippen molar-refractivity contribution in [3.05, 3.63) is 46.9 Å². The van der Waals surface area contributed by atoms with Crippen molar-refractivity contribution in [2.24, 2.45) is 0 Å². The minimum Gasteiger partial charge on any atom is -0.494 e. The maximum Gasteiger partial charge on any atom is 0.228 e. The van der Waals surface area contributed by atoms with Gasteiger partial charge in [0.05, 0.1) is 19.1 Å². The Hall–Kier alpha value is -2.96. The molecule has 3 heterocycles. The largest absolute Gasteiger partial charge is 0.494 e. The van der Waals surface area contributed by atoms with E-state index in [1.165, 1.54) is 0 Å². The second kappa shape index (κ2) is 9.04. The number of hydrogen-bond donors (Lipinski definition) is 0. The quantitative estimate of drug-likeness (QED) is 0.738. The van der Waals surface area contributed by atoms with Crippen LogP contribution in [-0.4, -0.2) is 46.9 Å². The molecule has 164 valence electrons. The lowest BCUT2D eigenvalue weighted by Crippen LogP contribution is -2.41. The Bertz CT molecular complexity index is 974. The highest BCUT2D eigenvalue weighted by Gasteiger charge is 2.32. The third-order valence-electron chi connectivity index (χ3n) is 6.20. The number of nitrogens with zero attached hydrogens (tertiary/aromatic N) is 4. The standard InChI is InChI=1S/C24H30N4O3/c1-4-31-18-10-8-17(9-11-18)15-22(30)28-14-6-5-7-20(28)23-25-16(2)19-12-13-21(29)27(3)24(19)26-23/h8-11,20H,4-7,12-15H2,1-3H3. The van der Waals surface area contributed by atoms with E-state index in [-0.39, 0.29) is 17.9 Å². The van der Waals surface area contributed by atoms with Gasteiger partial charge in [-0.2, -0.15) is 0 Å². The van der Waals surface area contributed by atoms with Gasteiger partial charge in [0.25, 0.3) is 0 Å². The van der Waals surface area contributed by atoms with Crippen molar-refractivity contribution in [1.82, 2.24) is 14.9 Å². The number of aromatic nitrogens is 2. The molecular weight excluding hydrogens is 392 g/mol. The fourth-order valence-electron chi connectivity index (χ4n) is 4.48. The number of amides is 2. The van der Waals surface area contributed by atoms with Gasteiger partial charge in [-0.25, -0.2) is 9.97 Å². The Morgan fingerprint density at radius 2 is 1.94 bits per heavy atom. The first-order valence-corrected chi connectivity index (χ1v) is 11.1. The van der Waals surface area contributed by atoms with Gasteiger partial charge in [-0.15, -0.1) is 0 Å². The molecule has 1 aromatic heterocycles. The van der Waals surface area contributed by atoms with E-state index in [4.69, 9.17) is 14.7 Å². The molecule has 7 heteroatoms. The molecule has 1 fully saturated rings. The van der Waals surface area contributed by atoms with Crippen LogP contribution in [-0.2, 0) is 22.4 Å². The first-order chi connectivity index (χ1) is 15.0. The molecule has 0 bridgehead atoms. The van der Waals surface area contributed by atoms with Crippen LogP contribution in [0.2, 0.25) is 0 Å². The first-order valence-electron chi connectivity index (χ1n) is 11.1. The van der Waals surface area contributed by atoms with Crippen LogP contribution >= 0.6 is 0 Å². The van der Waals surface area contributed by atoms with Crippen LogP contribution in [0.1, 0.15) is 61.3 Å². The topological polar surface area (TPSA) is 75.6 Å². The number of rotatable bonds is 5. The van der Waals surface area contributed by atoms with Crippen molar-refractivity contribution in [2.75, 3.05) is 25.1 Å². The van der Waals surface area contributed by atoms with Gasteiger partial charge in [0.2, 0.25) is 11.8 Å². The van der Waals surface area contributed by atoms with Crippen LogP contribution in [0, 0.1) is 6.92 Å². The zero-order valence-electron chi connectivity index (χ0n) is 18.6. The number of piperidine rings is 1. The molecule has 0 radical (unpaired) electrons. The van der Waals surface area contributed by atoms with Crippen molar-refractivity contribution >= 4 is 17.6 Å². The summed E-state index contributed by atoms with van der Waals surface area (Å²) in [5.74, 6) is 2.31. The molecule has 1 saturated heterocycles. The molecule has 2 aliphatic heterocycles. The van der Waals surface area contributed by atoms with Crippen LogP contribution in [0.4, 0.5) is 5.82 Å². The first kappa shape index (κ1) is 21.3. The Kier molecular flexibility index (Phi) is 6.20. The molecule has 0 spiro atoms. The second-order valence-corrected chi connectivity index (χ2v) is 8.27. The summed E-state index contributed by atoms with van der Waals surface area (Å²) in [6, 6.07) is 7.55. The predicted molar refractivity (Wildman–Crippen MR) is 118 cm³/mol. The fourth-order valence-corrected chi connectivity index (χ4v) is 4.48. The number of fused-ring (bicyclic) bond motifs is 1. The third kappa shape index (κ3) is 4.40. The number of aryl methyl sites for hydroxylation is 1. The molecule has 2 aromatic rings. The Labute approximate surface area is 183 Å². The minimum absolute atomic E-state index is 0.0728. The third-order valence-corrected chi connectivity index (χ3v) is 6.20. The Morgan fingerprint density at radius 1 is 1.16 bits per heavy atom. The minimum atomic E-state index is -0.154. The molecule has 0 saturated carbocycles. The lowest BCUT2D eigenvalue weighted by atomic mass is 9.98. The van der Waals surface area contributed by atoms with E-state index in [0.29, 0.717) is 44.1 Å². The summed E-state index contributed by atoms with van der Waals surface area (Å²) in [7, 11) is 1.77. The summed E-state index contributed by atoms with van der Waals surface area (Å²) in [5.41, 5.74) is 2.91. The van der Waals surface area contributed by atoms with Gasteiger partial charge in [-0.1, -0.05) is 12.1 Å². The highest BCUT2D eigenvalue weighted by molar-refractivity contribution is 5.94. The number of benzene rings is 1. The average molecular weight is 423 g/mol. The van der Waals surface area contributed by atoms with Gasteiger partial charge in [-0.05, 0) is 57.2 Å². The molecule has 0 aliphatic carbocycles. The van der Waals surface area contributed by atoms with Crippen LogP contribution in [0.25, 0.3) is 0 Å². The number of anilines is 1. The monoisotopic (exact) mass is 422 g/mol. The number of carbonyl (C=O) groups is 2. The molecule has 1 unspecified atom stereocenters. The van der Waals surface area contributed by atoms with E-state index in [1.807, 2.05) is 43.0 Å². The molecule has 0 N–H and O–H groups in total. The highest BCUT2D eigenvalue weighted by atomic mass is 16.5. The van der Waals surface area contributed by atoms with E-state index in [9.17, 15) is 9.59 Å². The molecule has 31 heavy (non-hydrogen) atoms. The maximum absolute atomic E-state index is 13.2. The van der Waals surface area contributed by atoms with Crippen molar-refractivity contribution < 1.29 is 14.3 Å². The van der Waals surface area contributed by atoms with Gasteiger partial charge in [0.15, 0.2) is 5.82 Å². The number of carbonyl (C=O) groups excluding carboxylic acids is 2. The van der Waals surface area contributed by atoms with Crippen LogP contribution in [0.15, 0.2) is 24.3 Å². The molecule has 1 atom stereocenters. The molecule has 2 aliphatic rings. The fraction of sp³-hybridized carbons (Fsp3) is 0.500. The van der Waals surface area contributed by atoms with Gasteiger partial charge in [0, 0.05) is 31.3 Å². The van der Waals surface area contributed by atoms with E-state index in [1.54, 1.807) is 11.9 Å². The zero-order valence-corrected chi connectivity index (χ0v) is 18.6. The molecule has 2 amide bonds. The van der Waals surface area contributed by atoms with Gasteiger partial charge >= 0.3 is 0 Å². The van der Waals surface area contributed by atoms with E-state index >= 15 is 0 Å². The molecule has 4 rings (SSSR count). The molecular formula is C24H30N4O3. The summed E-state index contributed by atoms with van der Waals surface area (Å²) < 4.78 is 5.49. The second-order valence-electron chi connectivity index (χ2n) is 8.27. The van der Waals surface area contributed by atoms with Crippen molar-refractivity contribution in [1.29, 1.82) is 0 Å². The van der Waals surface area contributed by atoms with Crippen molar-refractivity contribution in [3.63, 3.8) is 0 Å². The van der Waals surface area contributed by atoms with Crippen LogP contribution < -0.4 is 9.64 Å². The van der Waals surface area contributed by atoms with E-state index in [0.717, 1.165) is 41.8 Å². The van der Waals surface area contributed by atoms with Gasteiger partial charge in [-0.3, -0.25) is 14.5 Å². The van der Waals surface area contributed by atoms with E-state index < -0.39 is 0 Å². The summed E-state index contributed by atoms with van der Waals surface area (Å²) in [5, 5.41) is 0. The summed E-state index contributed by atoms with van der Waals surface area (Å²) in [4.78, 5) is 38.5. The van der Waals surface area contributed by atoms with Crippen LogP contribution in [0.3, 0.4) is 0 Å². The zero-order chi connectivity index (χ0) is 22.0. The van der Waals surface area contributed by atoms with Gasteiger partial charge in [0.1, 0.15) is 11.6 Å². The summed E-state index contributed by atoms with van der Waals surface area (Å²) in [6.45, 7) is 5.25. The van der Waals surface area contributed by atoms with Crippen LogP contribution in [0.5, 0.6) is 5.75 Å². The van der Waals surface area contributed by atoms with Crippen molar-refractivity contribution in [3.8, 4) is 5.75 Å².